The van der Waals surface area contributed by atoms with Gasteiger partial charge in [0.2, 0.25) is 5.91 Å². The van der Waals surface area contributed by atoms with Crippen LogP contribution in [0.5, 0.6) is 0 Å². The van der Waals surface area contributed by atoms with Crippen molar-refractivity contribution in [1.82, 2.24) is 4.90 Å². The number of aliphatic carboxylic acids is 1. The molecule has 0 heterocycles. The fourth-order valence-corrected chi connectivity index (χ4v) is 2.45. The lowest BCUT2D eigenvalue weighted by Gasteiger charge is -2.21. The maximum Gasteiger partial charge on any atom is 0.326 e. The Morgan fingerprint density at radius 3 is 2.47 bits per heavy atom. The summed E-state index contributed by atoms with van der Waals surface area (Å²) in [6, 6.07) is 7.06. The average Bonchev–Trinajstić information content (AvgIpc) is 2.39. The third-order valence-corrected chi connectivity index (χ3v) is 4.27. The summed E-state index contributed by atoms with van der Waals surface area (Å²) in [7, 11) is 1.52. The molecule has 104 valence electrons. The van der Waals surface area contributed by atoms with Crippen LogP contribution in [0.15, 0.2) is 33.6 Å². The van der Waals surface area contributed by atoms with E-state index in [9.17, 15) is 9.59 Å². The molecule has 1 aromatic rings. The number of carboxylic acids is 1. The Hall–Kier alpha value is -1.01. The molecular weight excluding hydrogens is 330 g/mol. The van der Waals surface area contributed by atoms with Gasteiger partial charge in [-0.25, -0.2) is 4.79 Å². The van der Waals surface area contributed by atoms with Crippen molar-refractivity contribution in [3.05, 3.63) is 28.7 Å². The molecule has 1 amide bonds. The van der Waals surface area contributed by atoms with Gasteiger partial charge in [-0.15, -0.1) is 11.8 Å². The van der Waals surface area contributed by atoms with Crippen molar-refractivity contribution in [3.8, 4) is 0 Å². The van der Waals surface area contributed by atoms with Crippen LogP contribution in [0.2, 0.25) is 0 Å². The molecule has 0 aliphatic heterocycles. The molecule has 0 bridgehead atoms. The van der Waals surface area contributed by atoms with Gasteiger partial charge in [-0.1, -0.05) is 15.9 Å². The maximum atomic E-state index is 11.8. The summed E-state index contributed by atoms with van der Waals surface area (Å²) in [4.78, 5) is 24.9. The number of nitrogens with zero attached hydrogens (tertiary/aromatic N) is 1. The van der Waals surface area contributed by atoms with E-state index in [0.717, 1.165) is 9.37 Å². The summed E-state index contributed by atoms with van der Waals surface area (Å²) in [5.41, 5.74) is 0. The van der Waals surface area contributed by atoms with Crippen molar-refractivity contribution >= 4 is 39.6 Å². The number of carbonyl (C=O) groups is 2. The fraction of sp³-hybridized carbons (Fsp3) is 0.385. The molecule has 0 aromatic heterocycles. The molecule has 0 saturated carbocycles. The predicted octanol–water partition coefficient (Wildman–Crippen LogP) is 2.86. The van der Waals surface area contributed by atoms with Crippen LogP contribution in [0.1, 0.15) is 13.3 Å². The van der Waals surface area contributed by atoms with Crippen molar-refractivity contribution < 1.29 is 14.7 Å². The number of amides is 1. The molecular formula is C13H16BrNO3S. The Labute approximate surface area is 125 Å². The number of rotatable bonds is 6. The van der Waals surface area contributed by atoms with E-state index >= 15 is 0 Å². The van der Waals surface area contributed by atoms with Gasteiger partial charge in [0.05, 0.1) is 0 Å². The zero-order valence-corrected chi connectivity index (χ0v) is 13.2. The maximum absolute atomic E-state index is 11.8. The lowest BCUT2D eigenvalue weighted by atomic mass is 10.3. The molecule has 1 rings (SSSR count). The van der Waals surface area contributed by atoms with Gasteiger partial charge in [-0.2, -0.15) is 0 Å². The molecule has 1 N–H and O–H groups in total. The number of carbonyl (C=O) groups excluding carboxylic acids is 1. The third-order valence-electron chi connectivity index (χ3n) is 2.73. The predicted molar refractivity (Wildman–Crippen MR) is 79.4 cm³/mol. The summed E-state index contributed by atoms with van der Waals surface area (Å²) >= 11 is 4.94. The van der Waals surface area contributed by atoms with Crippen LogP contribution in [-0.4, -0.2) is 40.7 Å². The van der Waals surface area contributed by atoms with Crippen LogP contribution in [0.4, 0.5) is 0 Å². The van der Waals surface area contributed by atoms with Crippen molar-refractivity contribution in [2.24, 2.45) is 0 Å². The SMILES string of the molecule is CC(C(=O)O)N(C)C(=O)CCSc1ccc(Br)cc1. The first-order valence-corrected chi connectivity index (χ1v) is 7.56. The highest BCUT2D eigenvalue weighted by Crippen LogP contribution is 2.21. The number of hydrogen-bond acceptors (Lipinski definition) is 3. The molecule has 1 atom stereocenters. The van der Waals surface area contributed by atoms with Crippen LogP contribution in [-0.2, 0) is 9.59 Å². The van der Waals surface area contributed by atoms with Crippen molar-refractivity contribution in [1.29, 1.82) is 0 Å². The van der Waals surface area contributed by atoms with Crippen molar-refractivity contribution in [2.75, 3.05) is 12.8 Å². The number of thioether (sulfide) groups is 1. The molecule has 0 spiro atoms. The van der Waals surface area contributed by atoms with Gasteiger partial charge in [-0.05, 0) is 31.2 Å². The van der Waals surface area contributed by atoms with Crippen LogP contribution < -0.4 is 0 Å². The van der Waals surface area contributed by atoms with Crippen molar-refractivity contribution in [2.45, 2.75) is 24.3 Å². The zero-order chi connectivity index (χ0) is 14.4. The Kier molecular flexibility index (Phi) is 6.37. The standard InChI is InChI=1S/C13H16BrNO3S/c1-9(13(17)18)15(2)12(16)7-8-19-11-5-3-10(14)4-6-11/h3-6,9H,7-8H2,1-2H3,(H,17,18). The third kappa shape index (κ3) is 5.24. The minimum absolute atomic E-state index is 0.153. The number of benzene rings is 1. The fourth-order valence-electron chi connectivity index (χ4n) is 1.35. The Morgan fingerprint density at radius 1 is 1.37 bits per heavy atom. The second-order valence-corrected chi connectivity index (χ2v) is 6.16. The summed E-state index contributed by atoms with van der Waals surface area (Å²) in [6.07, 6.45) is 0.328. The Morgan fingerprint density at radius 2 is 1.95 bits per heavy atom. The van der Waals surface area contributed by atoms with E-state index in [1.807, 2.05) is 24.3 Å². The lowest BCUT2D eigenvalue weighted by molar-refractivity contribution is -0.148. The number of carboxylic acid groups (broad SMARTS) is 1. The quantitative estimate of drug-likeness (QED) is 0.805. The Bertz CT molecular complexity index is 450. The Balaban J connectivity index is 2.38. The second-order valence-electron chi connectivity index (χ2n) is 4.07. The zero-order valence-electron chi connectivity index (χ0n) is 10.8. The van der Waals surface area contributed by atoms with Gasteiger partial charge >= 0.3 is 5.97 Å². The first-order valence-electron chi connectivity index (χ1n) is 5.78. The van der Waals surface area contributed by atoms with Crippen LogP contribution in [0, 0.1) is 0 Å². The molecule has 0 saturated heterocycles. The average molecular weight is 346 g/mol. The monoisotopic (exact) mass is 345 g/mol. The molecule has 1 aromatic carbocycles. The van der Waals surface area contributed by atoms with E-state index in [1.54, 1.807) is 11.8 Å². The lowest BCUT2D eigenvalue weighted by Crippen LogP contribution is -2.40. The van der Waals surface area contributed by atoms with E-state index in [0.29, 0.717) is 12.2 Å². The summed E-state index contributed by atoms with van der Waals surface area (Å²) in [6.45, 7) is 1.50. The van der Waals surface area contributed by atoms with Crippen LogP contribution in [0.25, 0.3) is 0 Å². The van der Waals surface area contributed by atoms with Crippen LogP contribution in [0.3, 0.4) is 0 Å². The highest BCUT2D eigenvalue weighted by atomic mass is 79.9. The largest absolute Gasteiger partial charge is 0.480 e. The van der Waals surface area contributed by atoms with Gasteiger partial charge in [0.25, 0.3) is 0 Å². The summed E-state index contributed by atoms with van der Waals surface area (Å²) in [5.74, 6) is -0.507. The highest BCUT2D eigenvalue weighted by Gasteiger charge is 2.20. The van der Waals surface area contributed by atoms with E-state index in [-0.39, 0.29) is 5.91 Å². The topological polar surface area (TPSA) is 57.6 Å². The van der Waals surface area contributed by atoms with E-state index < -0.39 is 12.0 Å². The minimum atomic E-state index is -0.989. The molecule has 0 fully saturated rings. The van der Waals surface area contributed by atoms with Gasteiger partial charge in [0, 0.05) is 28.6 Å². The minimum Gasteiger partial charge on any atom is -0.480 e. The first kappa shape index (κ1) is 16.0. The van der Waals surface area contributed by atoms with E-state index in [4.69, 9.17) is 5.11 Å². The number of hydrogen-bond donors (Lipinski definition) is 1. The van der Waals surface area contributed by atoms with Gasteiger partial charge in [0.1, 0.15) is 6.04 Å². The molecule has 0 aliphatic rings. The van der Waals surface area contributed by atoms with Crippen LogP contribution >= 0.6 is 27.7 Å². The number of likely N-dealkylation sites (N-methyl/N-ethyl adjacent to an activating group) is 1. The normalized spacial score (nSPS) is 11.9. The number of halogens is 1. The molecule has 19 heavy (non-hydrogen) atoms. The second kappa shape index (κ2) is 7.55. The van der Waals surface area contributed by atoms with Crippen molar-refractivity contribution in [3.63, 3.8) is 0 Å². The smallest absolute Gasteiger partial charge is 0.326 e. The molecule has 4 nitrogen and oxygen atoms in total. The van der Waals surface area contributed by atoms with Gasteiger partial charge in [-0.3, -0.25) is 4.79 Å². The first-order chi connectivity index (χ1) is 8.91. The summed E-state index contributed by atoms with van der Waals surface area (Å²) < 4.78 is 1.02. The van der Waals surface area contributed by atoms with Gasteiger partial charge < -0.3 is 10.0 Å². The molecule has 6 heteroatoms. The van der Waals surface area contributed by atoms with E-state index in [2.05, 4.69) is 15.9 Å². The molecule has 1 unspecified atom stereocenters. The van der Waals surface area contributed by atoms with E-state index in [1.165, 1.54) is 18.9 Å². The molecule has 0 aliphatic carbocycles. The molecule has 0 radical (unpaired) electrons. The van der Waals surface area contributed by atoms with Gasteiger partial charge in [0.15, 0.2) is 0 Å². The highest BCUT2D eigenvalue weighted by molar-refractivity contribution is 9.10. The summed E-state index contributed by atoms with van der Waals surface area (Å²) in [5, 5.41) is 8.83.